The van der Waals surface area contributed by atoms with Crippen LogP contribution in [0.4, 0.5) is 0 Å². The summed E-state index contributed by atoms with van der Waals surface area (Å²) in [6.07, 6.45) is 2.20. The van der Waals surface area contributed by atoms with E-state index in [0.29, 0.717) is 29.0 Å². The van der Waals surface area contributed by atoms with E-state index in [2.05, 4.69) is 27.5 Å². The topological polar surface area (TPSA) is 80.5 Å². The fourth-order valence-electron chi connectivity index (χ4n) is 3.65. The van der Waals surface area contributed by atoms with Crippen molar-refractivity contribution in [3.8, 4) is 16.5 Å². The van der Waals surface area contributed by atoms with E-state index in [4.69, 9.17) is 9.15 Å². The van der Waals surface area contributed by atoms with Gasteiger partial charge in [0, 0.05) is 6.54 Å². The quantitative estimate of drug-likeness (QED) is 0.642. The van der Waals surface area contributed by atoms with Crippen LogP contribution in [0.25, 0.3) is 10.8 Å². The van der Waals surface area contributed by atoms with E-state index in [1.807, 2.05) is 35.7 Å². The third-order valence-corrected chi connectivity index (χ3v) is 5.98. The number of likely N-dealkylation sites (tertiary alicyclic amines) is 1. The summed E-state index contributed by atoms with van der Waals surface area (Å²) >= 11 is 1.53. The lowest BCUT2D eigenvalue weighted by molar-refractivity contribution is 0.0944. The Hall–Kier alpha value is -2.71. The molecule has 1 unspecified atom stereocenters. The van der Waals surface area contributed by atoms with E-state index in [1.54, 1.807) is 7.11 Å². The molecule has 1 aliphatic rings. The summed E-state index contributed by atoms with van der Waals surface area (Å²) in [5, 5.41) is 12.8. The monoisotopic (exact) mass is 412 g/mol. The molecule has 1 amide bonds. The highest BCUT2D eigenvalue weighted by Gasteiger charge is 2.21. The van der Waals surface area contributed by atoms with Gasteiger partial charge in [0.25, 0.3) is 11.8 Å². The van der Waals surface area contributed by atoms with Gasteiger partial charge in [-0.2, -0.15) is 0 Å². The van der Waals surface area contributed by atoms with Gasteiger partial charge in [-0.15, -0.1) is 21.5 Å². The molecular formula is C21H24N4O3S. The van der Waals surface area contributed by atoms with Crippen LogP contribution in [0.3, 0.4) is 0 Å². The Morgan fingerprint density at radius 2 is 2.28 bits per heavy atom. The summed E-state index contributed by atoms with van der Waals surface area (Å²) in [6.45, 7) is 2.42. The van der Waals surface area contributed by atoms with Gasteiger partial charge in [-0.25, -0.2) is 0 Å². The Morgan fingerprint density at radius 1 is 1.38 bits per heavy atom. The summed E-state index contributed by atoms with van der Waals surface area (Å²) in [5.41, 5.74) is 1.69. The molecule has 7 nitrogen and oxygen atoms in total. The second-order valence-electron chi connectivity index (χ2n) is 7.32. The fourth-order valence-corrected chi connectivity index (χ4v) is 4.30. The Balaban J connectivity index is 1.39. The van der Waals surface area contributed by atoms with E-state index >= 15 is 0 Å². The fraction of sp³-hybridized carbons (Fsp3) is 0.381. The van der Waals surface area contributed by atoms with Crippen LogP contribution in [0.1, 0.15) is 28.2 Å². The molecule has 0 aliphatic carbocycles. The molecule has 3 heterocycles. The zero-order valence-corrected chi connectivity index (χ0v) is 17.4. The predicted molar refractivity (Wildman–Crippen MR) is 111 cm³/mol. The number of methoxy groups -OCH3 is 1. The molecule has 0 saturated carbocycles. The van der Waals surface area contributed by atoms with Gasteiger partial charge in [0.1, 0.15) is 5.75 Å². The molecular weight excluding hydrogens is 388 g/mol. The van der Waals surface area contributed by atoms with Gasteiger partial charge < -0.3 is 19.4 Å². The van der Waals surface area contributed by atoms with Crippen LogP contribution in [0.2, 0.25) is 0 Å². The van der Waals surface area contributed by atoms with Crippen molar-refractivity contribution >= 4 is 17.2 Å². The third kappa shape index (κ3) is 4.65. The largest absolute Gasteiger partial charge is 0.496 e. The number of nitrogens with one attached hydrogen (secondary N) is 1. The Morgan fingerprint density at radius 3 is 3.00 bits per heavy atom. The van der Waals surface area contributed by atoms with Crippen molar-refractivity contribution < 1.29 is 13.9 Å². The minimum Gasteiger partial charge on any atom is -0.496 e. The second-order valence-corrected chi connectivity index (χ2v) is 8.26. The number of hydrogen-bond acceptors (Lipinski definition) is 7. The molecule has 1 aliphatic heterocycles. The molecule has 152 valence electrons. The van der Waals surface area contributed by atoms with Crippen LogP contribution < -0.4 is 10.1 Å². The summed E-state index contributed by atoms with van der Waals surface area (Å²) in [5.74, 6) is 1.83. The number of rotatable bonds is 7. The van der Waals surface area contributed by atoms with Crippen molar-refractivity contribution in [2.75, 3.05) is 27.2 Å². The molecule has 0 radical (unpaired) electrons. The Kier molecular flexibility index (Phi) is 5.92. The van der Waals surface area contributed by atoms with E-state index in [9.17, 15) is 4.79 Å². The molecule has 1 atom stereocenters. The summed E-state index contributed by atoms with van der Waals surface area (Å²) < 4.78 is 11.1. The number of carbonyl (C=O) groups is 1. The Labute approximate surface area is 173 Å². The molecule has 1 saturated heterocycles. The molecule has 4 rings (SSSR count). The minimum absolute atomic E-state index is 0.163. The van der Waals surface area contributed by atoms with Crippen molar-refractivity contribution in [3.63, 3.8) is 0 Å². The highest BCUT2D eigenvalue weighted by Crippen LogP contribution is 2.26. The molecule has 3 aromatic rings. The van der Waals surface area contributed by atoms with Crippen LogP contribution in [-0.4, -0.2) is 48.3 Å². The number of ether oxygens (including phenoxy) is 1. The predicted octanol–water partition coefficient (Wildman–Crippen LogP) is 3.23. The average Bonchev–Trinajstić information content (AvgIpc) is 3.48. The minimum atomic E-state index is -0.232. The highest BCUT2D eigenvalue weighted by atomic mass is 32.1. The average molecular weight is 413 g/mol. The molecule has 0 spiro atoms. The smallest absolute Gasteiger partial charge is 0.257 e. The third-order valence-electron chi connectivity index (χ3n) is 5.12. The molecule has 1 fully saturated rings. The van der Waals surface area contributed by atoms with E-state index in [-0.39, 0.29) is 12.5 Å². The number of amides is 1. The number of hydrogen-bond donors (Lipinski definition) is 1. The molecule has 1 aromatic carbocycles. The second kappa shape index (κ2) is 8.75. The molecule has 29 heavy (non-hydrogen) atoms. The van der Waals surface area contributed by atoms with Gasteiger partial charge in [0.15, 0.2) is 0 Å². The zero-order chi connectivity index (χ0) is 20.2. The lowest BCUT2D eigenvalue weighted by Gasteiger charge is -2.13. The van der Waals surface area contributed by atoms with Gasteiger partial charge in [-0.05, 0) is 61.5 Å². The number of nitrogens with zero attached hydrogens (tertiary/aromatic N) is 3. The maximum atomic E-state index is 12.6. The standard InChI is InChI=1S/C21H24N4O3S/c1-25-8-7-15(13-25)10-14-5-6-16(17(11-14)27-2)20(26)22-12-19-23-24-21(28-19)18-4-3-9-29-18/h3-6,9,11,15H,7-8,10,12-13H2,1-2H3,(H,22,26). The number of benzene rings is 1. The number of thiophene rings is 1. The number of aromatic nitrogens is 2. The molecule has 8 heteroatoms. The van der Waals surface area contributed by atoms with Gasteiger partial charge in [0.05, 0.1) is 24.1 Å². The summed E-state index contributed by atoms with van der Waals surface area (Å²) in [4.78, 5) is 15.9. The molecule has 2 aromatic heterocycles. The van der Waals surface area contributed by atoms with Gasteiger partial charge in [0.2, 0.25) is 5.89 Å². The normalized spacial score (nSPS) is 16.8. The SMILES string of the molecule is COc1cc(CC2CCN(C)C2)ccc1C(=O)NCc1nnc(-c2cccs2)o1. The first-order chi connectivity index (χ1) is 14.1. The molecule has 0 bridgehead atoms. The van der Waals surface area contributed by atoms with E-state index < -0.39 is 0 Å². The van der Waals surface area contributed by atoms with Crippen molar-refractivity contribution in [2.45, 2.75) is 19.4 Å². The van der Waals surface area contributed by atoms with Gasteiger partial charge in [-0.1, -0.05) is 12.1 Å². The summed E-state index contributed by atoms with van der Waals surface area (Å²) in [6, 6.07) is 9.64. The van der Waals surface area contributed by atoms with Crippen molar-refractivity contribution in [1.29, 1.82) is 0 Å². The zero-order valence-electron chi connectivity index (χ0n) is 16.6. The highest BCUT2D eigenvalue weighted by molar-refractivity contribution is 7.13. The van der Waals surface area contributed by atoms with Crippen molar-refractivity contribution in [2.24, 2.45) is 5.92 Å². The number of carbonyl (C=O) groups excluding carboxylic acids is 1. The first kappa shape index (κ1) is 19.6. The van der Waals surface area contributed by atoms with Crippen LogP contribution >= 0.6 is 11.3 Å². The van der Waals surface area contributed by atoms with Crippen molar-refractivity contribution in [3.05, 3.63) is 52.7 Å². The van der Waals surface area contributed by atoms with Crippen LogP contribution in [0, 0.1) is 5.92 Å². The van der Waals surface area contributed by atoms with Crippen molar-refractivity contribution in [1.82, 2.24) is 20.4 Å². The first-order valence-electron chi connectivity index (χ1n) is 9.62. The first-order valence-corrected chi connectivity index (χ1v) is 10.5. The maximum Gasteiger partial charge on any atom is 0.257 e. The van der Waals surface area contributed by atoms with Crippen LogP contribution in [0.15, 0.2) is 40.1 Å². The molecule has 1 N–H and O–H groups in total. The summed E-state index contributed by atoms with van der Waals surface area (Å²) in [7, 11) is 3.74. The lowest BCUT2D eigenvalue weighted by atomic mass is 9.97. The van der Waals surface area contributed by atoms with Crippen LogP contribution in [0.5, 0.6) is 5.75 Å². The van der Waals surface area contributed by atoms with Crippen LogP contribution in [-0.2, 0) is 13.0 Å². The van der Waals surface area contributed by atoms with E-state index in [1.165, 1.54) is 23.3 Å². The van der Waals surface area contributed by atoms with Gasteiger partial charge >= 0.3 is 0 Å². The Bertz CT molecular complexity index is 970. The van der Waals surface area contributed by atoms with Gasteiger partial charge in [-0.3, -0.25) is 4.79 Å². The maximum absolute atomic E-state index is 12.6. The van der Waals surface area contributed by atoms with E-state index in [0.717, 1.165) is 24.4 Å². The lowest BCUT2D eigenvalue weighted by Crippen LogP contribution is -2.23.